The SMILES string of the molecule is C=CCC(NC(=O)OC(C)(C)C)C(C)=O. The van der Waals surface area contributed by atoms with Gasteiger partial charge in [0.15, 0.2) is 5.78 Å². The zero-order valence-corrected chi connectivity index (χ0v) is 9.79. The molecule has 1 N–H and O–H groups in total. The number of rotatable bonds is 4. The van der Waals surface area contributed by atoms with Gasteiger partial charge in [-0.3, -0.25) is 4.79 Å². The second-order valence-corrected chi connectivity index (χ2v) is 4.33. The lowest BCUT2D eigenvalue weighted by molar-refractivity contribution is -0.118. The molecule has 4 heteroatoms. The summed E-state index contributed by atoms with van der Waals surface area (Å²) in [5.41, 5.74) is -0.556. The maximum Gasteiger partial charge on any atom is 0.408 e. The van der Waals surface area contributed by atoms with E-state index in [4.69, 9.17) is 4.74 Å². The summed E-state index contributed by atoms with van der Waals surface area (Å²) in [5.74, 6) is -0.110. The first kappa shape index (κ1) is 13.7. The van der Waals surface area contributed by atoms with Gasteiger partial charge in [0.2, 0.25) is 0 Å². The van der Waals surface area contributed by atoms with Crippen molar-refractivity contribution in [1.29, 1.82) is 0 Å². The van der Waals surface area contributed by atoms with E-state index in [-0.39, 0.29) is 5.78 Å². The van der Waals surface area contributed by atoms with Gasteiger partial charge in [0.25, 0.3) is 0 Å². The van der Waals surface area contributed by atoms with E-state index in [1.54, 1.807) is 26.8 Å². The number of carbonyl (C=O) groups is 2. The molecule has 86 valence electrons. The fourth-order valence-corrected chi connectivity index (χ4v) is 0.943. The van der Waals surface area contributed by atoms with Gasteiger partial charge in [0.05, 0.1) is 6.04 Å². The van der Waals surface area contributed by atoms with Gasteiger partial charge in [-0.05, 0) is 34.1 Å². The number of hydrogen-bond acceptors (Lipinski definition) is 3. The topological polar surface area (TPSA) is 55.4 Å². The van der Waals surface area contributed by atoms with E-state index >= 15 is 0 Å². The predicted octanol–water partition coefficient (Wildman–Crippen LogP) is 2.04. The molecule has 0 spiro atoms. The summed E-state index contributed by atoms with van der Waals surface area (Å²) in [6.45, 7) is 10.2. The molecular weight excluding hydrogens is 194 g/mol. The van der Waals surface area contributed by atoms with E-state index in [9.17, 15) is 9.59 Å². The highest BCUT2D eigenvalue weighted by Crippen LogP contribution is 2.07. The first-order chi connectivity index (χ1) is 6.76. The number of carbonyl (C=O) groups excluding carboxylic acids is 2. The van der Waals surface area contributed by atoms with Crippen LogP contribution in [0.4, 0.5) is 4.79 Å². The molecule has 0 radical (unpaired) electrons. The lowest BCUT2D eigenvalue weighted by atomic mass is 10.1. The Morgan fingerprint density at radius 3 is 2.33 bits per heavy atom. The van der Waals surface area contributed by atoms with Crippen molar-refractivity contribution in [2.75, 3.05) is 0 Å². The molecular formula is C11H19NO3. The van der Waals surface area contributed by atoms with Crippen LogP contribution >= 0.6 is 0 Å². The summed E-state index contributed by atoms with van der Waals surface area (Å²) in [5, 5.41) is 2.49. The standard InChI is InChI=1S/C11H19NO3/c1-6-7-9(8(2)13)12-10(14)15-11(3,4)5/h6,9H,1,7H2,2-5H3,(H,12,14). The number of amides is 1. The third kappa shape index (κ3) is 6.71. The van der Waals surface area contributed by atoms with Crippen LogP contribution in [-0.4, -0.2) is 23.5 Å². The molecule has 4 nitrogen and oxygen atoms in total. The molecule has 0 fully saturated rings. The fraction of sp³-hybridized carbons (Fsp3) is 0.636. The van der Waals surface area contributed by atoms with Crippen molar-refractivity contribution in [2.45, 2.75) is 45.8 Å². The van der Waals surface area contributed by atoms with Crippen LogP contribution in [0.2, 0.25) is 0 Å². The van der Waals surface area contributed by atoms with Crippen LogP contribution in [-0.2, 0) is 9.53 Å². The molecule has 1 atom stereocenters. The van der Waals surface area contributed by atoms with E-state index in [0.29, 0.717) is 6.42 Å². The third-order valence-corrected chi connectivity index (χ3v) is 1.58. The fourth-order valence-electron chi connectivity index (χ4n) is 0.943. The molecule has 0 bridgehead atoms. The maximum atomic E-state index is 11.3. The molecule has 0 rings (SSSR count). The first-order valence-corrected chi connectivity index (χ1v) is 4.87. The number of ether oxygens (including phenoxy) is 1. The summed E-state index contributed by atoms with van der Waals surface area (Å²) in [6.07, 6.45) is 1.42. The van der Waals surface area contributed by atoms with Crippen LogP contribution in [0.5, 0.6) is 0 Å². The molecule has 0 saturated heterocycles. The summed E-state index contributed by atoms with van der Waals surface area (Å²) >= 11 is 0. The third-order valence-electron chi connectivity index (χ3n) is 1.58. The number of Topliss-reactive ketones (excluding diaryl/α,β-unsaturated/α-hetero) is 1. The Kier molecular flexibility index (Phi) is 5.05. The van der Waals surface area contributed by atoms with Crippen LogP contribution in [0.15, 0.2) is 12.7 Å². The molecule has 1 amide bonds. The normalized spacial score (nSPS) is 12.8. The van der Waals surface area contributed by atoms with Crippen molar-refractivity contribution in [3.8, 4) is 0 Å². The number of alkyl carbamates (subject to hydrolysis) is 1. The molecule has 1 unspecified atom stereocenters. The molecule has 0 heterocycles. The number of ketones is 1. The van der Waals surface area contributed by atoms with E-state index in [1.165, 1.54) is 6.92 Å². The lowest BCUT2D eigenvalue weighted by Gasteiger charge is -2.22. The van der Waals surface area contributed by atoms with Crippen molar-refractivity contribution < 1.29 is 14.3 Å². The first-order valence-electron chi connectivity index (χ1n) is 4.87. The Morgan fingerprint density at radius 2 is 2.00 bits per heavy atom. The van der Waals surface area contributed by atoms with Crippen LogP contribution in [0.1, 0.15) is 34.1 Å². The van der Waals surface area contributed by atoms with Crippen molar-refractivity contribution in [2.24, 2.45) is 0 Å². The largest absolute Gasteiger partial charge is 0.444 e. The molecule has 0 aromatic carbocycles. The second kappa shape index (κ2) is 5.53. The molecule has 0 aliphatic heterocycles. The average molecular weight is 213 g/mol. The minimum Gasteiger partial charge on any atom is -0.444 e. The highest BCUT2D eigenvalue weighted by molar-refractivity contribution is 5.85. The summed E-state index contributed by atoms with van der Waals surface area (Å²) in [4.78, 5) is 22.4. The van der Waals surface area contributed by atoms with Gasteiger partial charge in [-0.1, -0.05) is 6.08 Å². The van der Waals surface area contributed by atoms with Crippen LogP contribution in [0.25, 0.3) is 0 Å². The van der Waals surface area contributed by atoms with Gasteiger partial charge in [-0.2, -0.15) is 0 Å². The Labute approximate surface area is 90.7 Å². The Hall–Kier alpha value is -1.32. The molecule has 0 aromatic heterocycles. The van der Waals surface area contributed by atoms with Crippen LogP contribution < -0.4 is 5.32 Å². The van der Waals surface area contributed by atoms with Crippen LogP contribution in [0, 0.1) is 0 Å². The van der Waals surface area contributed by atoms with E-state index < -0.39 is 17.7 Å². The smallest absolute Gasteiger partial charge is 0.408 e. The number of hydrogen-bond donors (Lipinski definition) is 1. The second-order valence-electron chi connectivity index (χ2n) is 4.33. The van der Waals surface area contributed by atoms with Gasteiger partial charge in [-0.15, -0.1) is 6.58 Å². The Bertz CT molecular complexity index is 253. The minimum atomic E-state index is -0.579. The monoisotopic (exact) mass is 213 g/mol. The zero-order chi connectivity index (χ0) is 12.1. The Morgan fingerprint density at radius 1 is 1.47 bits per heavy atom. The van der Waals surface area contributed by atoms with E-state index in [2.05, 4.69) is 11.9 Å². The minimum absolute atomic E-state index is 0.110. The van der Waals surface area contributed by atoms with Gasteiger partial charge >= 0.3 is 6.09 Å². The highest BCUT2D eigenvalue weighted by Gasteiger charge is 2.20. The van der Waals surface area contributed by atoms with E-state index in [1.807, 2.05) is 0 Å². The molecule has 0 saturated carbocycles. The van der Waals surface area contributed by atoms with Crippen LogP contribution in [0.3, 0.4) is 0 Å². The number of nitrogens with one attached hydrogen (secondary N) is 1. The van der Waals surface area contributed by atoms with Gasteiger partial charge in [0.1, 0.15) is 5.60 Å². The summed E-state index contributed by atoms with van der Waals surface area (Å²) in [6, 6.07) is -0.544. The van der Waals surface area contributed by atoms with E-state index in [0.717, 1.165) is 0 Å². The lowest BCUT2D eigenvalue weighted by Crippen LogP contribution is -2.42. The van der Waals surface area contributed by atoms with Crippen molar-refractivity contribution in [1.82, 2.24) is 5.32 Å². The zero-order valence-electron chi connectivity index (χ0n) is 9.79. The molecule has 0 aliphatic rings. The average Bonchev–Trinajstić information content (AvgIpc) is 1.99. The summed E-state index contributed by atoms with van der Waals surface area (Å²) in [7, 11) is 0. The Balaban J connectivity index is 4.23. The molecule has 15 heavy (non-hydrogen) atoms. The van der Waals surface area contributed by atoms with Crippen molar-refractivity contribution >= 4 is 11.9 Å². The molecule has 0 aromatic rings. The van der Waals surface area contributed by atoms with Gasteiger partial charge in [0, 0.05) is 0 Å². The summed E-state index contributed by atoms with van der Waals surface area (Å²) < 4.78 is 5.03. The van der Waals surface area contributed by atoms with Gasteiger partial charge < -0.3 is 10.1 Å². The highest BCUT2D eigenvalue weighted by atomic mass is 16.6. The van der Waals surface area contributed by atoms with Crippen molar-refractivity contribution in [3.63, 3.8) is 0 Å². The van der Waals surface area contributed by atoms with Crippen molar-refractivity contribution in [3.05, 3.63) is 12.7 Å². The molecule has 0 aliphatic carbocycles. The van der Waals surface area contributed by atoms with Gasteiger partial charge in [-0.25, -0.2) is 4.79 Å². The quantitative estimate of drug-likeness (QED) is 0.727. The predicted molar refractivity (Wildman–Crippen MR) is 58.7 cm³/mol. The maximum absolute atomic E-state index is 11.3.